The quantitative estimate of drug-likeness (QED) is 0.0571. The molecule has 17 heteroatoms. The fraction of sp³-hybridized carbons (Fsp3) is 0.338. The summed E-state index contributed by atoms with van der Waals surface area (Å²) in [5, 5.41) is 17.7. The molecule has 0 aromatic heterocycles. The second-order valence-corrected chi connectivity index (χ2v) is 22.3. The predicted molar refractivity (Wildman–Crippen MR) is 312 cm³/mol. The number of carbonyl (C=O) groups excluding carboxylic acids is 7. The molecular weight excluding hydrogens is 1030 g/mol. The number of hydrogen-bond acceptors (Lipinski definition) is 9. The van der Waals surface area contributed by atoms with E-state index >= 15 is 9.59 Å². The molecule has 1 aliphatic heterocycles. The molecule has 1 fully saturated rings. The van der Waals surface area contributed by atoms with Crippen molar-refractivity contribution in [1.29, 1.82) is 0 Å². The van der Waals surface area contributed by atoms with Crippen LogP contribution in [0, 0.1) is 0 Å². The number of nitrogens with one attached hydrogen (secondary N) is 1. The van der Waals surface area contributed by atoms with Crippen molar-refractivity contribution in [3.05, 3.63) is 215 Å². The van der Waals surface area contributed by atoms with E-state index in [9.17, 15) is 29.2 Å². The highest BCUT2D eigenvalue weighted by Crippen LogP contribution is 2.37. The van der Waals surface area contributed by atoms with Crippen molar-refractivity contribution in [1.82, 2.24) is 39.8 Å². The van der Waals surface area contributed by atoms with Gasteiger partial charge >= 0.3 is 0 Å². The zero-order chi connectivity index (χ0) is 58.7. The summed E-state index contributed by atoms with van der Waals surface area (Å²) in [6, 6.07) is 54.8. The third kappa shape index (κ3) is 18.5. The molecule has 6 aromatic rings. The van der Waals surface area contributed by atoms with Crippen LogP contribution in [0.5, 0.6) is 0 Å². The maximum absolute atomic E-state index is 15.1. The van der Waals surface area contributed by atoms with Crippen LogP contribution in [0.15, 0.2) is 182 Å². The average Bonchev–Trinajstić information content (AvgIpc) is 3.57. The Kier molecular flexibility index (Phi) is 21.8. The van der Waals surface area contributed by atoms with Gasteiger partial charge in [0.05, 0.1) is 13.1 Å². The number of hydroxylamine groups is 2. The molecule has 0 spiro atoms. The Morgan fingerprint density at radius 1 is 0.378 bits per heavy atom. The first-order chi connectivity index (χ1) is 39.3. The van der Waals surface area contributed by atoms with Crippen LogP contribution in [-0.4, -0.2) is 139 Å². The molecule has 429 valence electrons. The van der Waals surface area contributed by atoms with Gasteiger partial charge in [0.25, 0.3) is 0 Å². The zero-order valence-electron chi connectivity index (χ0n) is 47.5. The third-order valence-electron chi connectivity index (χ3n) is 14.5. The van der Waals surface area contributed by atoms with Crippen LogP contribution in [0.1, 0.15) is 73.9 Å². The fourth-order valence-corrected chi connectivity index (χ4v) is 10.5. The van der Waals surface area contributed by atoms with Crippen LogP contribution >= 0.6 is 0 Å². The van der Waals surface area contributed by atoms with Crippen molar-refractivity contribution in [2.75, 3.05) is 45.8 Å². The molecule has 0 aliphatic carbocycles. The minimum absolute atomic E-state index is 0.00191. The second kappa shape index (κ2) is 29.3. The van der Waals surface area contributed by atoms with Gasteiger partial charge in [-0.1, -0.05) is 182 Å². The summed E-state index contributed by atoms with van der Waals surface area (Å²) in [5.74, 6) is -3.80. The van der Waals surface area contributed by atoms with Gasteiger partial charge in [0.15, 0.2) is 0 Å². The SMILES string of the molecule is CC1(C)CC(NCC(=O)N(CC(=O)N(CC(=O)N(CC(=O)N(CC(=O)N(CC(=O)N(CC(N)=O)Cc2ccccc2)Cc2ccccc2)Cc2ccccc2)Cc2ccccc2)Cc2ccccc2)Cc2ccccc2)CC(C)(C)N1[O]. The van der Waals surface area contributed by atoms with Gasteiger partial charge in [-0.25, -0.2) is 0 Å². The highest BCUT2D eigenvalue weighted by Gasteiger charge is 2.46. The molecule has 1 aliphatic rings. The van der Waals surface area contributed by atoms with E-state index in [-0.39, 0.29) is 70.9 Å². The predicted octanol–water partition coefficient (Wildman–Crippen LogP) is 6.60. The van der Waals surface area contributed by atoms with Crippen LogP contribution in [0.2, 0.25) is 0 Å². The number of carbonyl (C=O) groups is 7. The highest BCUT2D eigenvalue weighted by molar-refractivity contribution is 5.93. The topological polar surface area (TPSA) is 200 Å². The van der Waals surface area contributed by atoms with E-state index in [0.29, 0.717) is 24.0 Å². The maximum Gasteiger partial charge on any atom is 0.242 e. The van der Waals surface area contributed by atoms with Gasteiger partial charge in [-0.15, -0.1) is 10.3 Å². The second-order valence-electron chi connectivity index (χ2n) is 22.3. The summed E-state index contributed by atoms with van der Waals surface area (Å²) in [6.45, 7) is 4.98. The fourth-order valence-electron chi connectivity index (χ4n) is 10.5. The molecule has 0 unspecified atom stereocenters. The van der Waals surface area contributed by atoms with E-state index in [1.165, 1.54) is 29.4 Å². The first kappa shape index (κ1) is 61.1. The van der Waals surface area contributed by atoms with Gasteiger partial charge < -0.3 is 40.4 Å². The third-order valence-corrected chi connectivity index (χ3v) is 14.5. The summed E-state index contributed by atoms with van der Waals surface area (Å²) >= 11 is 0. The maximum atomic E-state index is 15.1. The summed E-state index contributed by atoms with van der Waals surface area (Å²) in [6.07, 6.45) is 1.03. The smallest absolute Gasteiger partial charge is 0.242 e. The van der Waals surface area contributed by atoms with E-state index in [4.69, 9.17) is 5.73 Å². The van der Waals surface area contributed by atoms with Crippen molar-refractivity contribution < 1.29 is 38.8 Å². The van der Waals surface area contributed by atoms with Crippen LogP contribution in [0.4, 0.5) is 0 Å². The Bertz CT molecular complexity index is 3030. The van der Waals surface area contributed by atoms with E-state index in [0.717, 1.165) is 27.3 Å². The van der Waals surface area contributed by atoms with E-state index in [2.05, 4.69) is 5.32 Å². The van der Waals surface area contributed by atoms with Crippen molar-refractivity contribution in [3.63, 3.8) is 0 Å². The van der Waals surface area contributed by atoms with Gasteiger partial charge in [0, 0.05) is 56.4 Å². The number of piperidine rings is 1. The van der Waals surface area contributed by atoms with E-state index in [1.54, 1.807) is 0 Å². The van der Waals surface area contributed by atoms with Gasteiger partial charge in [-0.3, -0.25) is 33.6 Å². The number of rotatable bonds is 27. The Balaban J connectivity index is 1.15. The number of benzene rings is 6. The minimum atomic E-state index is -0.723. The largest absolute Gasteiger partial charge is 0.368 e. The summed E-state index contributed by atoms with van der Waals surface area (Å²) in [7, 11) is 0. The molecule has 0 bridgehead atoms. The standard InChI is InChI=1S/C65H76N9O8/c1-64(2)35-56(36-65(3,4)74(64)82)67-37-58(76)69(39-51-25-13-6-14-26-51)45-60(78)71(41-53-29-17-8-18-30-53)47-62(80)73(43-55-33-21-10-22-34-55)49-63(81)72(42-54-31-19-9-20-32-54)48-61(79)70(40-52-27-15-7-16-28-52)46-59(77)68(44-57(66)75)38-50-23-11-5-12-24-50/h5-34,56,67H,35-49H2,1-4H3,(H2,66,75). The molecule has 7 rings (SSSR count). The molecule has 17 nitrogen and oxygen atoms in total. The summed E-state index contributed by atoms with van der Waals surface area (Å²) < 4.78 is 0. The van der Waals surface area contributed by atoms with E-state index < -0.39 is 72.7 Å². The van der Waals surface area contributed by atoms with Gasteiger partial charge in [0.2, 0.25) is 41.4 Å². The molecule has 1 heterocycles. The normalized spacial score (nSPS) is 13.8. The summed E-state index contributed by atoms with van der Waals surface area (Å²) in [4.78, 5) is 109. The van der Waals surface area contributed by atoms with Crippen LogP contribution in [-0.2, 0) is 78.0 Å². The molecule has 6 aromatic carbocycles. The molecule has 1 radical (unpaired) electrons. The zero-order valence-corrected chi connectivity index (χ0v) is 47.5. The Morgan fingerprint density at radius 2 is 0.585 bits per heavy atom. The van der Waals surface area contributed by atoms with Crippen molar-refractivity contribution in [2.45, 2.75) is 96.9 Å². The molecular formula is C65H76N9O8. The van der Waals surface area contributed by atoms with Gasteiger partial charge in [-0.2, -0.15) is 0 Å². The molecule has 7 amide bonds. The summed E-state index contributed by atoms with van der Waals surface area (Å²) in [5.41, 5.74) is 8.71. The first-order valence-corrected chi connectivity index (χ1v) is 27.7. The first-order valence-electron chi connectivity index (χ1n) is 27.7. The highest BCUT2D eigenvalue weighted by atomic mass is 16.5. The molecule has 1 saturated heterocycles. The Hall–Kier alpha value is -8.51. The number of nitrogens with zero attached hydrogens (tertiary/aromatic N) is 7. The lowest BCUT2D eigenvalue weighted by atomic mass is 9.79. The van der Waals surface area contributed by atoms with E-state index in [1.807, 2.05) is 210 Å². The molecule has 0 saturated carbocycles. The number of hydrogen-bond donors (Lipinski definition) is 2. The Morgan fingerprint density at radius 3 is 0.805 bits per heavy atom. The number of nitrogens with two attached hydrogens (primary N) is 1. The van der Waals surface area contributed by atoms with Crippen LogP contribution < -0.4 is 11.1 Å². The minimum Gasteiger partial charge on any atom is -0.368 e. The van der Waals surface area contributed by atoms with Crippen LogP contribution in [0.25, 0.3) is 0 Å². The molecule has 0 atom stereocenters. The monoisotopic (exact) mass is 1110 g/mol. The lowest BCUT2D eigenvalue weighted by Crippen LogP contribution is -2.62. The molecule has 82 heavy (non-hydrogen) atoms. The van der Waals surface area contributed by atoms with Crippen molar-refractivity contribution in [2.24, 2.45) is 5.73 Å². The van der Waals surface area contributed by atoms with Crippen molar-refractivity contribution >= 4 is 41.4 Å². The average molecular weight is 1110 g/mol. The lowest BCUT2D eigenvalue weighted by Gasteiger charge is -2.50. The number of primary amides is 1. The molecule has 3 N–H and O–H groups in total. The van der Waals surface area contributed by atoms with Gasteiger partial charge in [0.1, 0.15) is 32.7 Å². The number of amides is 7. The van der Waals surface area contributed by atoms with Gasteiger partial charge in [-0.05, 0) is 73.9 Å². The lowest BCUT2D eigenvalue weighted by molar-refractivity contribution is -0.290. The van der Waals surface area contributed by atoms with Crippen molar-refractivity contribution in [3.8, 4) is 0 Å². The van der Waals surface area contributed by atoms with Crippen LogP contribution in [0.3, 0.4) is 0 Å². The Labute approximate surface area is 481 Å².